The van der Waals surface area contributed by atoms with Crippen molar-refractivity contribution in [3.8, 4) is 5.88 Å². The molecule has 0 saturated carbocycles. The zero-order valence-corrected chi connectivity index (χ0v) is 18.9. The van der Waals surface area contributed by atoms with Crippen LogP contribution in [-0.4, -0.2) is 50.9 Å². The van der Waals surface area contributed by atoms with E-state index < -0.39 is 36.2 Å². The average Bonchev–Trinajstić information content (AvgIpc) is 2.81. The lowest BCUT2D eigenvalue weighted by atomic mass is 10.1. The molecule has 5 N–H and O–H groups in total. The van der Waals surface area contributed by atoms with Crippen LogP contribution in [0.5, 0.6) is 5.88 Å². The first-order valence-electron chi connectivity index (χ1n) is 10.2. The monoisotopic (exact) mass is 492 g/mol. The van der Waals surface area contributed by atoms with Gasteiger partial charge in [-0.15, -0.1) is 0 Å². The number of aliphatic hydroxyl groups excluding tert-OH is 2. The van der Waals surface area contributed by atoms with Gasteiger partial charge in [0.25, 0.3) is 5.91 Å². The van der Waals surface area contributed by atoms with Gasteiger partial charge in [0.15, 0.2) is 6.10 Å². The molecule has 2 heterocycles. The van der Waals surface area contributed by atoms with E-state index in [9.17, 15) is 23.1 Å². The number of amides is 1. The summed E-state index contributed by atoms with van der Waals surface area (Å²) in [5, 5.41) is 26.4. The van der Waals surface area contributed by atoms with E-state index in [-0.39, 0.29) is 23.2 Å². The van der Waals surface area contributed by atoms with Gasteiger partial charge in [0.05, 0.1) is 30.8 Å². The van der Waals surface area contributed by atoms with Crippen molar-refractivity contribution in [3.05, 3.63) is 53.3 Å². The van der Waals surface area contributed by atoms with Gasteiger partial charge in [-0.25, -0.2) is 9.97 Å². The first-order valence-corrected chi connectivity index (χ1v) is 10.2. The van der Waals surface area contributed by atoms with Crippen LogP contribution in [0.25, 0.3) is 0 Å². The molecular weight excluding hydrogens is 469 g/mol. The Morgan fingerprint density at radius 2 is 1.83 bits per heavy atom. The van der Waals surface area contributed by atoms with E-state index in [4.69, 9.17) is 9.84 Å². The summed E-state index contributed by atoms with van der Waals surface area (Å²) >= 11 is 0. The SMILES string of the molecule is COc1cc(Nc2ncc(C(F)(F)F)c(Nc3ccc(C)cc3NC(=O)C(O)CO)n2)c(C)cn1. The molecule has 13 heteroatoms. The summed E-state index contributed by atoms with van der Waals surface area (Å²) in [6.45, 7) is 2.62. The fourth-order valence-corrected chi connectivity index (χ4v) is 2.91. The summed E-state index contributed by atoms with van der Waals surface area (Å²) < 4.78 is 46.2. The molecule has 0 spiro atoms. The Hall–Kier alpha value is -3.97. The molecule has 10 nitrogen and oxygen atoms in total. The number of aromatic nitrogens is 3. The van der Waals surface area contributed by atoms with Crippen LogP contribution in [0.4, 0.5) is 42.0 Å². The van der Waals surface area contributed by atoms with Gasteiger partial charge < -0.3 is 30.9 Å². The number of rotatable bonds is 8. The fraction of sp³-hybridized carbons (Fsp3) is 0.273. The van der Waals surface area contributed by atoms with Crippen LogP contribution in [0.3, 0.4) is 0 Å². The number of nitrogens with one attached hydrogen (secondary N) is 3. The van der Waals surface area contributed by atoms with Crippen LogP contribution < -0.4 is 20.7 Å². The largest absolute Gasteiger partial charge is 0.481 e. The lowest BCUT2D eigenvalue weighted by Crippen LogP contribution is -2.30. The normalized spacial score (nSPS) is 12.1. The molecule has 0 aliphatic heterocycles. The van der Waals surface area contributed by atoms with Crippen molar-refractivity contribution in [2.75, 3.05) is 29.7 Å². The second-order valence-electron chi connectivity index (χ2n) is 7.48. The zero-order valence-electron chi connectivity index (χ0n) is 18.9. The molecule has 1 amide bonds. The van der Waals surface area contributed by atoms with E-state index in [0.29, 0.717) is 23.0 Å². The van der Waals surface area contributed by atoms with Crippen LogP contribution in [0.2, 0.25) is 0 Å². The lowest BCUT2D eigenvalue weighted by Gasteiger charge is -2.18. The number of methoxy groups -OCH3 is 1. The number of alkyl halides is 3. The molecule has 0 saturated heterocycles. The highest BCUT2D eigenvalue weighted by Gasteiger charge is 2.35. The molecule has 1 aromatic carbocycles. The van der Waals surface area contributed by atoms with Crippen LogP contribution in [-0.2, 0) is 11.0 Å². The molecule has 0 aliphatic rings. The van der Waals surface area contributed by atoms with Crippen LogP contribution >= 0.6 is 0 Å². The van der Waals surface area contributed by atoms with E-state index >= 15 is 0 Å². The van der Waals surface area contributed by atoms with E-state index in [1.807, 2.05) is 0 Å². The topological polar surface area (TPSA) is 142 Å². The summed E-state index contributed by atoms with van der Waals surface area (Å²) in [5.74, 6) is -1.35. The smallest absolute Gasteiger partial charge is 0.421 e. The summed E-state index contributed by atoms with van der Waals surface area (Å²) in [6, 6.07) is 6.10. The highest BCUT2D eigenvalue weighted by atomic mass is 19.4. The Labute approximate surface area is 198 Å². The van der Waals surface area contributed by atoms with E-state index in [2.05, 4.69) is 30.9 Å². The summed E-state index contributed by atoms with van der Waals surface area (Å²) in [7, 11) is 1.43. The van der Waals surface area contributed by atoms with Gasteiger partial charge in [-0.3, -0.25) is 4.79 Å². The Balaban J connectivity index is 2.00. The third-order valence-electron chi connectivity index (χ3n) is 4.79. The number of hydrogen-bond donors (Lipinski definition) is 5. The number of nitrogens with zero attached hydrogens (tertiary/aromatic N) is 3. The minimum absolute atomic E-state index is 0.0750. The minimum Gasteiger partial charge on any atom is -0.481 e. The molecule has 3 aromatic rings. The van der Waals surface area contributed by atoms with Gasteiger partial charge >= 0.3 is 6.18 Å². The van der Waals surface area contributed by atoms with Crippen molar-refractivity contribution in [1.82, 2.24) is 15.0 Å². The van der Waals surface area contributed by atoms with Crippen molar-refractivity contribution >= 4 is 34.7 Å². The van der Waals surface area contributed by atoms with Crippen molar-refractivity contribution < 1.29 is 32.9 Å². The summed E-state index contributed by atoms with van der Waals surface area (Å²) in [4.78, 5) is 23.9. The van der Waals surface area contributed by atoms with Crippen LogP contribution in [0, 0.1) is 13.8 Å². The fourth-order valence-electron chi connectivity index (χ4n) is 2.91. The van der Waals surface area contributed by atoms with Gasteiger partial charge in [0.1, 0.15) is 11.4 Å². The van der Waals surface area contributed by atoms with Crippen molar-refractivity contribution in [2.45, 2.75) is 26.1 Å². The summed E-state index contributed by atoms with van der Waals surface area (Å²) in [5.41, 5.74) is 0.857. The third kappa shape index (κ3) is 6.33. The quantitative estimate of drug-likeness (QED) is 0.320. The molecule has 0 fully saturated rings. The van der Waals surface area contributed by atoms with E-state index in [0.717, 1.165) is 0 Å². The Bertz CT molecular complexity index is 1220. The molecule has 35 heavy (non-hydrogen) atoms. The molecule has 0 aliphatic carbocycles. The number of carbonyl (C=O) groups excluding carboxylic acids is 1. The number of aryl methyl sites for hydroxylation is 2. The number of carbonyl (C=O) groups is 1. The number of hydrogen-bond acceptors (Lipinski definition) is 9. The number of aliphatic hydroxyl groups is 2. The van der Waals surface area contributed by atoms with Gasteiger partial charge in [-0.1, -0.05) is 6.07 Å². The number of halogens is 3. The van der Waals surface area contributed by atoms with Gasteiger partial charge in [-0.2, -0.15) is 18.2 Å². The predicted octanol–water partition coefficient (Wildman–Crippen LogP) is 3.29. The highest BCUT2D eigenvalue weighted by Crippen LogP contribution is 2.37. The van der Waals surface area contributed by atoms with Gasteiger partial charge in [0, 0.05) is 18.5 Å². The maximum absolute atomic E-state index is 13.7. The highest BCUT2D eigenvalue weighted by molar-refractivity contribution is 5.97. The second kappa shape index (κ2) is 10.5. The zero-order chi connectivity index (χ0) is 25.8. The maximum Gasteiger partial charge on any atom is 0.421 e. The Kier molecular flexibility index (Phi) is 7.71. The minimum atomic E-state index is -4.78. The van der Waals surface area contributed by atoms with Gasteiger partial charge in [-0.05, 0) is 37.1 Å². The number of anilines is 5. The standard InChI is InChI=1S/C22H23F3N6O4/c1-11-4-5-14(16(6-11)29-20(34)17(33)10-32)28-19-13(22(23,24)25)9-27-21(31-19)30-15-7-18(35-3)26-8-12(15)2/h4-9,17,32-33H,10H2,1-3H3,(H,29,34)(H2,26,27,28,30,31). The predicted molar refractivity (Wildman–Crippen MR) is 122 cm³/mol. The van der Waals surface area contributed by atoms with E-state index in [1.165, 1.54) is 25.4 Å². The summed E-state index contributed by atoms with van der Waals surface area (Å²) in [6.07, 6.45) is -4.33. The third-order valence-corrected chi connectivity index (χ3v) is 4.79. The molecule has 3 rings (SSSR count). The lowest BCUT2D eigenvalue weighted by molar-refractivity contribution is -0.137. The van der Waals surface area contributed by atoms with Crippen molar-refractivity contribution in [3.63, 3.8) is 0 Å². The average molecular weight is 492 g/mol. The second-order valence-corrected chi connectivity index (χ2v) is 7.48. The first-order chi connectivity index (χ1) is 16.5. The number of ether oxygens (including phenoxy) is 1. The van der Waals surface area contributed by atoms with Crippen LogP contribution in [0.15, 0.2) is 36.7 Å². The molecule has 186 valence electrons. The van der Waals surface area contributed by atoms with Crippen LogP contribution in [0.1, 0.15) is 16.7 Å². The van der Waals surface area contributed by atoms with Crippen molar-refractivity contribution in [1.29, 1.82) is 0 Å². The Morgan fingerprint density at radius 3 is 2.49 bits per heavy atom. The first kappa shape index (κ1) is 25.6. The van der Waals surface area contributed by atoms with E-state index in [1.54, 1.807) is 26.0 Å². The maximum atomic E-state index is 13.7. The molecule has 0 radical (unpaired) electrons. The molecule has 0 bridgehead atoms. The molecule has 1 unspecified atom stereocenters. The molecule has 2 aromatic heterocycles. The van der Waals surface area contributed by atoms with Gasteiger partial charge in [0.2, 0.25) is 11.8 Å². The number of benzene rings is 1. The van der Waals surface area contributed by atoms with Crippen molar-refractivity contribution in [2.24, 2.45) is 0 Å². The number of pyridine rings is 1. The molecule has 1 atom stereocenters. The molecular formula is C22H23F3N6O4. The Morgan fingerprint density at radius 1 is 1.09 bits per heavy atom.